The minimum Gasteiger partial charge on any atom is -0.512 e. The number of benzene rings is 2. The summed E-state index contributed by atoms with van der Waals surface area (Å²) in [6.45, 7) is 2.09. The Kier molecular flexibility index (Phi) is 5.41. The van der Waals surface area contributed by atoms with Crippen molar-refractivity contribution in [2.45, 2.75) is 39.0 Å². The van der Waals surface area contributed by atoms with E-state index in [1.165, 1.54) is 0 Å². The monoisotopic (exact) mass is 392 g/mol. The lowest BCUT2D eigenvalue weighted by molar-refractivity contribution is -0.114. The highest BCUT2D eigenvalue weighted by Crippen LogP contribution is 2.37. The summed E-state index contributed by atoms with van der Waals surface area (Å²) in [5.41, 5.74) is 4.56. The van der Waals surface area contributed by atoms with Crippen LogP contribution in [-0.2, 0) is 11.2 Å². The van der Waals surface area contributed by atoms with Crippen molar-refractivity contribution in [2.75, 3.05) is 0 Å². The highest BCUT2D eigenvalue weighted by atomic mass is 35.5. The average molecular weight is 393 g/mol. The number of aliphatic hydroxyl groups is 1. The van der Waals surface area contributed by atoms with Gasteiger partial charge in [-0.1, -0.05) is 54.9 Å². The van der Waals surface area contributed by atoms with Gasteiger partial charge in [-0.15, -0.1) is 0 Å². The van der Waals surface area contributed by atoms with Crippen molar-refractivity contribution >= 4 is 23.0 Å². The zero-order valence-electron chi connectivity index (χ0n) is 16.1. The minimum absolute atomic E-state index is 0.0534. The molecule has 3 heteroatoms. The fourth-order valence-corrected chi connectivity index (χ4v) is 4.50. The number of hydrogen-bond donors (Lipinski definition) is 1. The highest BCUT2D eigenvalue weighted by molar-refractivity contribution is 6.30. The summed E-state index contributed by atoms with van der Waals surface area (Å²) in [4.78, 5) is 13.2. The number of aryl methyl sites for hydroxylation is 1. The van der Waals surface area contributed by atoms with Gasteiger partial charge in [0.15, 0.2) is 5.78 Å². The van der Waals surface area contributed by atoms with Crippen LogP contribution in [0.15, 0.2) is 60.4 Å². The molecule has 0 fully saturated rings. The molecule has 3 aliphatic carbocycles. The first-order chi connectivity index (χ1) is 13.5. The Labute approximate surface area is 171 Å². The van der Waals surface area contributed by atoms with E-state index in [1.54, 1.807) is 0 Å². The number of rotatable bonds is 3. The fraction of sp³-hybridized carbons (Fsp3) is 0.320. The molecule has 1 N–H and O–H groups in total. The van der Waals surface area contributed by atoms with Crippen molar-refractivity contribution in [2.24, 2.45) is 11.8 Å². The summed E-state index contributed by atoms with van der Waals surface area (Å²) >= 11 is 6.03. The summed E-state index contributed by atoms with van der Waals surface area (Å²) in [7, 11) is 0. The van der Waals surface area contributed by atoms with E-state index >= 15 is 0 Å². The lowest BCUT2D eigenvalue weighted by Gasteiger charge is -2.19. The van der Waals surface area contributed by atoms with Crippen molar-refractivity contribution in [3.05, 3.63) is 76.5 Å². The van der Waals surface area contributed by atoms with Gasteiger partial charge in [-0.2, -0.15) is 0 Å². The molecule has 0 heterocycles. The number of ketones is 1. The standard InChI is InChI=1S/C25H25ClO2/c1-2-18-7-8-20(19-9-11-21(26)12-10-19)15-22(18)25-23(27)13-16-3-4-17(6-5-16)14-24(25)28/h3-4,7-12,15-17,27H,2,5-6,13-14H2,1H3/b25-23+/t16-,17+/m0/s1. The molecular weight excluding hydrogens is 368 g/mol. The smallest absolute Gasteiger partial charge is 0.167 e. The van der Waals surface area contributed by atoms with Gasteiger partial charge in [-0.05, 0) is 71.6 Å². The molecule has 0 unspecified atom stereocenters. The molecule has 2 aromatic rings. The Morgan fingerprint density at radius 2 is 1.61 bits per heavy atom. The molecule has 2 aromatic carbocycles. The maximum Gasteiger partial charge on any atom is 0.167 e. The summed E-state index contributed by atoms with van der Waals surface area (Å²) in [6.07, 6.45) is 8.25. The van der Waals surface area contributed by atoms with Gasteiger partial charge in [0.25, 0.3) is 0 Å². The second-order valence-electron chi connectivity index (χ2n) is 7.87. The third kappa shape index (κ3) is 3.79. The molecule has 0 saturated carbocycles. The molecule has 2 nitrogen and oxygen atoms in total. The number of halogens is 1. The van der Waals surface area contributed by atoms with Crippen LogP contribution >= 0.6 is 11.6 Å². The Morgan fingerprint density at radius 1 is 0.964 bits per heavy atom. The van der Waals surface area contributed by atoms with Gasteiger partial charge in [0, 0.05) is 17.9 Å². The summed E-state index contributed by atoms with van der Waals surface area (Å²) < 4.78 is 0. The predicted molar refractivity (Wildman–Crippen MR) is 115 cm³/mol. The van der Waals surface area contributed by atoms with Gasteiger partial charge in [-0.3, -0.25) is 4.79 Å². The third-order valence-corrected chi connectivity index (χ3v) is 6.22. The second-order valence-corrected chi connectivity index (χ2v) is 8.30. The van der Waals surface area contributed by atoms with Gasteiger partial charge >= 0.3 is 0 Å². The average Bonchev–Trinajstić information content (AvgIpc) is 2.79. The number of fused-ring (bicyclic) bond motifs is 4. The lowest BCUT2D eigenvalue weighted by atomic mass is 9.85. The summed E-state index contributed by atoms with van der Waals surface area (Å²) in [5.74, 6) is 0.902. The van der Waals surface area contributed by atoms with Gasteiger partial charge in [0.05, 0.1) is 5.57 Å². The Bertz CT molecular complexity index is 953. The van der Waals surface area contributed by atoms with Crippen LogP contribution in [0.25, 0.3) is 16.7 Å². The molecule has 5 rings (SSSR count). The van der Waals surface area contributed by atoms with E-state index in [2.05, 4.69) is 37.3 Å². The fourth-order valence-electron chi connectivity index (χ4n) is 4.37. The van der Waals surface area contributed by atoms with Gasteiger partial charge in [-0.25, -0.2) is 0 Å². The normalized spacial score (nSPS) is 24.7. The van der Waals surface area contributed by atoms with Crippen LogP contribution in [0.5, 0.6) is 0 Å². The quantitative estimate of drug-likeness (QED) is 0.584. The number of carbonyl (C=O) groups is 1. The molecule has 0 aromatic heterocycles. The van der Waals surface area contributed by atoms with E-state index in [9.17, 15) is 9.90 Å². The molecule has 0 radical (unpaired) electrons. The van der Waals surface area contributed by atoms with Crippen molar-refractivity contribution in [1.29, 1.82) is 0 Å². The molecule has 0 saturated heterocycles. The molecule has 2 bridgehead atoms. The first-order valence-corrected chi connectivity index (χ1v) is 10.5. The van der Waals surface area contributed by atoms with Crippen LogP contribution in [0.2, 0.25) is 5.02 Å². The van der Waals surface area contributed by atoms with Crippen LogP contribution in [0.3, 0.4) is 0 Å². The minimum atomic E-state index is 0.0534. The van der Waals surface area contributed by atoms with E-state index in [0.717, 1.165) is 41.5 Å². The molecule has 3 aliphatic rings. The second kappa shape index (κ2) is 7.97. The maximum absolute atomic E-state index is 13.2. The van der Waals surface area contributed by atoms with E-state index in [-0.39, 0.29) is 17.5 Å². The zero-order valence-corrected chi connectivity index (χ0v) is 16.9. The van der Waals surface area contributed by atoms with Crippen LogP contribution < -0.4 is 0 Å². The predicted octanol–water partition coefficient (Wildman–Crippen LogP) is 6.78. The number of Topliss-reactive ketones (excluding diaryl/α,β-unsaturated/α-hetero) is 1. The van der Waals surface area contributed by atoms with Crippen molar-refractivity contribution in [1.82, 2.24) is 0 Å². The molecule has 0 amide bonds. The van der Waals surface area contributed by atoms with Gasteiger partial charge in [0.1, 0.15) is 5.76 Å². The molecule has 0 aliphatic heterocycles. The Hall–Kier alpha value is -2.32. The van der Waals surface area contributed by atoms with Crippen LogP contribution in [0.1, 0.15) is 43.7 Å². The number of carbonyl (C=O) groups excluding carboxylic acids is 1. The van der Waals surface area contributed by atoms with E-state index in [0.29, 0.717) is 29.4 Å². The SMILES string of the molecule is CCc1ccc(-c2ccc(Cl)cc2)cc1/C1=C(\O)C[C@H]2C=C[C@H](CC2)CC1=O. The van der Waals surface area contributed by atoms with Crippen molar-refractivity contribution < 1.29 is 9.90 Å². The van der Waals surface area contributed by atoms with Crippen LogP contribution in [-0.4, -0.2) is 10.9 Å². The lowest BCUT2D eigenvalue weighted by Crippen LogP contribution is -2.12. The molecule has 28 heavy (non-hydrogen) atoms. The maximum atomic E-state index is 13.2. The number of allylic oxidation sites excluding steroid dienone is 4. The van der Waals surface area contributed by atoms with E-state index < -0.39 is 0 Å². The molecule has 0 spiro atoms. The third-order valence-electron chi connectivity index (χ3n) is 5.97. The van der Waals surface area contributed by atoms with Crippen LogP contribution in [0.4, 0.5) is 0 Å². The summed E-state index contributed by atoms with van der Waals surface area (Å²) in [5, 5.41) is 11.7. The van der Waals surface area contributed by atoms with E-state index in [4.69, 9.17) is 11.6 Å². The topological polar surface area (TPSA) is 37.3 Å². The molecular formula is C25H25ClO2. The highest BCUT2D eigenvalue weighted by Gasteiger charge is 2.28. The summed E-state index contributed by atoms with van der Waals surface area (Å²) in [6, 6.07) is 13.9. The largest absolute Gasteiger partial charge is 0.512 e. The Morgan fingerprint density at radius 3 is 2.25 bits per heavy atom. The van der Waals surface area contributed by atoms with Gasteiger partial charge in [0.2, 0.25) is 0 Å². The van der Waals surface area contributed by atoms with Gasteiger partial charge < -0.3 is 5.11 Å². The Balaban J connectivity index is 1.82. The number of aliphatic hydroxyl groups excluding tert-OH is 1. The molecule has 2 atom stereocenters. The first-order valence-electron chi connectivity index (χ1n) is 10.1. The number of hydrogen-bond acceptors (Lipinski definition) is 2. The first kappa shape index (κ1) is 19.0. The van der Waals surface area contributed by atoms with Crippen molar-refractivity contribution in [3.8, 4) is 11.1 Å². The zero-order chi connectivity index (χ0) is 19.7. The van der Waals surface area contributed by atoms with E-state index in [1.807, 2.05) is 24.3 Å². The molecule has 144 valence electrons. The van der Waals surface area contributed by atoms with Crippen molar-refractivity contribution in [3.63, 3.8) is 0 Å². The van der Waals surface area contributed by atoms with Crippen LogP contribution in [0, 0.1) is 11.8 Å².